The van der Waals surface area contributed by atoms with Crippen molar-refractivity contribution in [1.82, 2.24) is 0 Å². The number of hydrogen-bond donors (Lipinski definition) is 0. The van der Waals surface area contributed by atoms with Crippen molar-refractivity contribution in [2.24, 2.45) is 0 Å². The number of benzene rings is 1. The van der Waals surface area contributed by atoms with E-state index in [4.69, 9.17) is 56.8 Å². The summed E-state index contributed by atoms with van der Waals surface area (Å²) in [6.45, 7) is 15.6. The summed E-state index contributed by atoms with van der Waals surface area (Å²) in [5.74, 6) is 0. The van der Waals surface area contributed by atoms with E-state index in [1.165, 1.54) is 6.26 Å². The van der Waals surface area contributed by atoms with Crippen molar-refractivity contribution < 1.29 is 56.8 Å². The molecular formula is C31H54O12. The summed E-state index contributed by atoms with van der Waals surface area (Å²) in [4.78, 5) is 0. The lowest BCUT2D eigenvalue weighted by molar-refractivity contribution is -0.0280. The monoisotopic (exact) mass is 618 g/mol. The molecule has 12 nitrogen and oxygen atoms in total. The van der Waals surface area contributed by atoms with Gasteiger partial charge in [0.2, 0.25) is 0 Å². The summed E-state index contributed by atoms with van der Waals surface area (Å²) in [6.07, 6.45) is 1.40. The molecule has 0 atom stereocenters. The quantitative estimate of drug-likeness (QED) is 0.0814. The second kappa shape index (κ2) is 34.8. The number of rotatable bonds is 36. The molecule has 0 radical (unpaired) electrons. The second-order valence-electron chi connectivity index (χ2n) is 8.70. The van der Waals surface area contributed by atoms with Crippen LogP contribution in [0.15, 0.2) is 43.2 Å². The van der Waals surface area contributed by atoms with Gasteiger partial charge >= 0.3 is 0 Å². The van der Waals surface area contributed by atoms with Crippen LogP contribution in [0.2, 0.25) is 0 Å². The minimum atomic E-state index is 0.502. The van der Waals surface area contributed by atoms with Crippen LogP contribution in [0.5, 0.6) is 0 Å². The molecule has 0 saturated carbocycles. The Balaban J connectivity index is 1.61. The molecule has 0 amide bonds. The van der Waals surface area contributed by atoms with Crippen LogP contribution in [-0.2, 0) is 63.4 Å². The average molecular weight is 619 g/mol. The van der Waals surface area contributed by atoms with Crippen molar-refractivity contribution in [2.45, 2.75) is 6.61 Å². The van der Waals surface area contributed by atoms with E-state index in [-0.39, 0.29) is 0 Å². The van der Waals surface area contributed by atoms with E-state index >= 15 is 0 Å². The smallest absolute Gasteiger partial charge is 0.111 e. The minimum Gasteiger partial charge on any atom is -0.499 e. The summed E-state index contributed by atoms with van der Waals surface area (Å²) in [5.41, 5.74) is 1.16. The van der Waals surface area contributed by atoms with E-state index in [2.05, 4.69) is 6.58 Å². The van der Waals surface area contributed by atoms with Gasteiger partial charge in [0.25, 0.3) is 0 Å². The molecule has 0 bridgehead atoms. The third kappa shape index (κ3) is 31.5. The zero-order valence-corrected chi connectivity index (χ0v) is 25.8. The van der Waals surface area contributed by atoms with Crippen LogP contribution in [-0.4, -0.2) is 145 Å². The minimum absolute atomic E-state index is 0.502. The van der Waals surface area contributed by atoms with Crippen LogP contribution >= 0.6 is 0 Å². The molecule has 43 heavy (non-hydrogen) atoms. The first kappa shape index (κ1) is 39.3. The molecule has 250 valence electrons. The molecule has 0 unspecified atom stereocenters. The Morgan fingerprint density at radius 1 is 0.349 bits per heavy atom. The topological polar surface area (TPSA) is 111 Å². The first-order chi connectivity index (χ1) is 21.4. The molecule has 0 spiro atoms. The molecule has 12 heteroatoms. The highest BCUT2D eigenvalue weighted by Gasteiger charge is 1.97. The molecule has 0 aliphatic carbocycles. The Hall–Kier alpha value is -1.68. The van der Waals surface area contributed by atoms with Gasteiger partial charge in [0, 0.05) is 0 Å². The maximum atomic E-state index is 5.56. The van der Waals surface area contributed by atoms with E-state index in [9.17, 15) is 0 Å². The van der Waals surface area contributed by atoms with Crippen molar-refractivity contribution in [3.05, 3.63) is 48.7 Å². The normalized spacial score (nSPS) is 11.3. The molecule has 0 saturated heterocycles. The third-order valence-electron chi connectivity index (χ3n) is 5.30. The number of ether oxygens (including phenoxy) is 12. The summed E-state index contributed by atoms with van der Waals surface area (Å²) in [6, 6.07) is 10.1. The van der Waals surface area contributed by atoms with Crippen molar-refractivity contribution in [1.29, 1.82) is 0 Å². The van der Waals surface area contributed by atoms with E-state index < -0.39 is 0 Å². The van der Waals surface area contributed by atoms with Gasteiger partial charge in [-0.25, -0.2) is 0 Å². The van der Waals surface area contributed by atoms with Crippen LogP contribution in [0.3, 0.4) is 0 Å². The maximum absolute atomic E-state index is 5.56. The van der Waals surface area contributed by atoms with Crippen molar-refractivity contribution in [3.63, 3.8) is 0 Å². The Kier molecular flexibility index (Phi) is 31.8. The van der Waals surface area contributed by atoms with Gasteiger partial charge in [-0.2, -0.15) is 0 Å². The van der Waals surface area contributed by atoms with Crippen LogP contribution in [0.25, 0.3) is 0 Å². The fraction of sp³-hybridized carbons (Fsp3) is 0.742. The third-order valence-corrected chi connectivity index (χ3v) is 5.30. The van der Waals surface area contributed by atoms with Gasteiger partial charge in [-0.3, -0.25) is 0 Å². The van der Waals surface area contributed by atoms with Gasteiger partial charge in [-0.15, -0.1) is 0 Å². The Bertz CT molecular complexity index is 667. The zero-order valence-electron chi connectivity index (χ0n) is 25.8. The van der Waals surface area contributed by atoms with Crippen LogP contribution in [0.1, 0.15) is 5.56 Å². The summed E-state index contributed by atoms with van der Waals surface area (Å²) in [7, 11) is 0. The zero-order chi connectivity index (χ0) is 30.6. The molecule has 0 aliphatic heterocycles. The van der Waals surface area contributed by atoms with Crippen molar-refractivity contribution >= 4 is 0 Å². The Labute approximate surface area is 257 Å². The largest absolute Gasteiger partial charge is 0.499 e. The van der Waals surface area contributed by atoms with Gasteiger partial charge in [0.15, 0.2) is 0 Å². The highest BCUT2D eigenvalue weighted by Crippen LogP contribution is 2.00. The van der Waals surface area contributed by atoms with Crippen molar-refractivity contribution in [3.8, 4) is 0 Å². The summed E-state index contributed by atoms with van der Waals surface area (Å²) < 4.78 is 65.0. The first-order valence-electron chi connectivity index (χ1n) is 15.0. The van der Waals surface area contributed by atoms with Gasteiger partial charge in [-0.05, 0) is 5.56 Å². The maximum Gasteiger partial charge on any atom is 0.111 e. The fourth-order valence-electron chi connectivity index (χ4n) is 3.15. The molecule has 0 fully saturated rings. The molecular weight excluding hydrogens is 564 g/mol. The number of hydrogen-bond acceptors (Lipinski definition) is 12. The Morgan fingerprint density at radius 2 is 0.605 bits per heavy atom. The van der Waals surface area contributed by atoms with Crippen molar-refractivity contribution in [2.75, 3.05) is 145 Å². The second-order valence-corrected chi connectivity index (χ2v) is 8.70. The molecule has 1 aromatic carbocycles. The molecule has 1 aromatic rings. The predicted molar refractivity (Wildman–Crippen MR) is 160 cm³/mol. The van der Waals surface area contributed by atoms with E-state index in [1.54, 1.807) is 0 Å². The van der Waals surface area contributed by atoms with Gasteiger partial charge in [0.1, 0.15) is 6.61 Å². The lowest BCUT2D eigenvalue weighted by Crippen LogP contribution is -2.15. The van der Waals surface area contributed by atoms with Gasteiger partial charge < -0.3 is 56.8 Å². The average Bonchev–Trinajstić information content (AvgIpc) is 3.03. The van der Waals surface area contributed by atoms with E-state index in [1.807, 2.05) is 30.3 Å². The molecule has 1 rings (SSSR count). The lowest BCUT2D eigenvalue weighted by Gasteiger charge is -2.09. The van der Waals surface area contributed by atoms with Crippen LogP contribution < -0.4 is 0 Å². The summed E-state index contributed by atoms with van der Waals surface area (Å²) in [5, 5.41) is 0. The summed E-state index contributed by atoms with van der Waals surface area (Å²) >= 11 is 0. The molecule has 0 N–H and O–H groups in total. The molecule has 0 aromatic heterocycles. The van der Waals surface area contributed by atoms with E-state index in [0.717, 1.165) is 5.56 Å². The first-order valence-corrected chi connectivity index (χ1v) is 15.0. The van der Waals surface area contributed by atoms with E-state index in [0.29, 0.717) is 152 Å². The van der Waals surface area contributed by atoms with Crippen LogP contribution in [0.4, 0.5) is 0 Å². The lowest BCUT2D eigenvalue weighted by atomic mass is 10.2. The molecule has 0 aliphatic rings. The standard InChI is InChI=1S/C31H54O12/c1-2-32-8-9-33-10-11-34-12-13-35-14-15-36-16-17-37-18-19-38-20-21-39-22-23-40-24-25-41-26-27-42-28-29-43-30-31-6-4-3-5-7-31/h2-7H,1,8-30H2. The highest BCUT2D eigenvalue weighted by atomic mass is 16.6. The van der Waals surface area contributed by atoms with Crippen LogP contribution in [0, 0.1) is 0 Å². The fourth-order valence-corrected chi connectivity index (χ4v) is 3.15. The van der Waals surface area contributed by atoms with Gasteiger partial charge in [0.05, 0.1) is 152 Å². The van der Waals surface area contributed by atoms with Gasteiger partial charge in [-0.1, -0.05) is 36.9 Å². The SMILES string of the molecule is C=COCCOCCOCCOCCOCCOCCOCCOCCOCCOCCOCCOCc1ccccc1. The highest BCUT2D eigenvalue weighted by molar-refractivity contribution is 5.13. The molecule has 0 heterocycles. The predicted octanol–water partition coefficient (Wildman–Crippen LogP) is 2.53. The Morgan fingerprint density at radius 3 is 0.884 bits per heavy atom.